The van der Waals surface area contributed by atoms with Gasteiger partial charge in [0.25, 0.3) is 5.69 Å². The number of benzene rings is 1. The van der Waals surface area contributed by atoms with Crippen molar-refractivity contribution in [1.29, 1.82) is 0 Å². The molecule has 6 nitrogen and oxygen atoms in total. The van der Waals surface area contributed by atoms with Crippen LogP contribution in [0.4, 0.5) is 10.1 Å². The first-order chi connectivity index (χ1) is 8.96. The van der Waals surface area contributed by atoms with Gasteiger partial charge >= 0.3 is 0 Å². The normalized spacial score (nSPS) is 24.4. The second-order valence-electron chi connectivity index (χ2n) is 4.42. The summed E-state index contributed by atoms with van der Waals surface area (Å²) in [7, 11) is 0. The third kappa shape index (κ3) is 2.73. The summed E-state index contributed by atoms with van der Waals surface area (Å²) in [6, 6.07) is 3.15. The van der Waals surface area contributed by atoms with Crippen LogP contribution in [0.2, 0.25) is 0 Å². The molecule has 19 heavy (non-hydrogen) atoms. The van der Waals surface area contributed by atoms with Gasteiger partial charge in [0, 0.05) is 18.2 Å². The van der Waals surface area contributed by atoms with Gasteiger partial charge in [-0.15, -0.1) is 0 Å². The quantitative estimate of drug-likeness (QED) is 0.660. The lowest BCUT2D eigenvalue weighted by molar-refractivity contribution is -0.385. The molecule has 0 aliphatic carbocycles. The summed E-state index contributed by atoms with van der Waals surface area (Å²) in [6.45, 7) is 3.71. The molecule has 1 aromatic rings. The van der Waals surface area contributed by atoms with E-state index >= 15 is 0 Å². The molecule has 1 atom stereocenters. The molecule has 1 saturated heterocycles. The van der Waals surface area contributed by atoms with Crippen LogP contribution in [0.3, 0.4) is 0 Å². The lowest BCUT2D eigenvalue weighted by atomic mass is 10.0. The number of nitro groups is 1. The molecule has 7 heteroatoms. The first-order valence-electron chi connectivity index (χ1n) is 5.99. The topological polar surface area (TPSA) is 75.8 Å². The molecular weight excluding hydrogens is 255 g/mol. The SMILES string of the molecule is CCN1CCOC(O)(c2ccc([N+](=O)[O-])cc2F)C1. The fourth-order valence-corrected chi connectivity index (χ4v) is 2.14. The van der Waals surface area contributed by atoms with E-state index in [0.717, 1.165) is 12.1 Å². The van der Waals surface area contributed by atoms with Crippen molar-refractivity contribution in [2.75, 3.05) is 26.2 Å². The summed E-state index contributed by atoms with van der Waals surface area (Å²) >= 11 is 0. The standard InChI is InChI=1S/C12H15FN2O4/c1-2-14-5-6-19-12(16,8-14)10-4-3-9(15(17)18)7-11(10)13/h3-4,7,16H,2,5-6,8H2,1H3. The van der Waals surface area contributed by atoms with Crippen LogP contribution in [0.5, 0.6) is 0 Å². The first-order valence-corrected chi connectivity index (χ1v) is 5.99. The second-order valence-corrected chi connectivity index (χ2v) is 4.42. The zero-order chi connectivity index (χ0) is 14.0. The Morgan fingerprint density at radius 1 is 1.63 bits per heavy atom. The third-order valence-electron chi connectivity index (χ3n) is 3.22. The highest BCUT2D eigenvalue weighted by molar-refractivity contribution is 5.36. The molecule has 0 aromatic heterocycles. The Labute approximate surface area is 109 Å². The molecule has 1 aliphatic rings. The molecule has 1 aromatic carbocycles. The molecule has 1 N–H and O–H groups in total. The Morgan fingerprint density at radius 3 is 2.95 bits per heavy atom. The predicted molar refractivity (Wildman–Crippen MR) is 65.0 cm³/mol. The lowest BCUT2D eigenvalue weighted by Gasteiger charge is -2.38. The molecule has 2 rings (SSSR count). The average molecular weight is 270 g/mol. The Morgan fingerprint density at radius 2 is 2.37 bits per heavy atom. The molecule has 1 unspecified atom stereocenters. The molecule has 0 radical (unpaired) electrons. The highest BCUT2D eigenvalue weighted by atomic mass is 19.1. The van der Waals surface area contributed by atoms with Crippen LogP contribution in [0, 0.1) is 15.9 Å². The lowest BCUT2D eigenvalue weighted by Crippen LogP contribution is -2.50. The number of β-amino-alcohol motifs (C(OH)–C–C–N with tert-alkyl or cyclic N) is 1. The van der Waals surface area contributed by atoms with Crippen molar-refractivity contribution in [2.24, 2.45) is 0 Å². The number of hydrogen-bond acceptors (Lipinski definition) is 5. The van der Waals surface area contributed by atoms with Gasteiger partial charge in [0.15, 0.2) is 0 Å². The summed E-state index contributed by atoms with van der Waals surface area (Å²) in [5, 5.41) is 20.9. The van der Waals surface area contributed by atoms with E-state index in [1.165, 1.54) is 6.07 Å². The smallest absolute Gasteiger partial charge is 0.272 e. The van der Waals surface area contributed by atoms with Crippen LogP contribution in [0.25, 0.3) is 0 Å². The van der Waals surface area contributed by atoms with Crippen molar-refractivity contribution in [2.45, 2.75) is 12.7 Å². The number of halogens is 1. The van der Waals surface area contributed by atoms with Gasteiger partial charge < -0.3 is 9.84 Å². The van der Waals surface area contributed by atoms with Gasteiger partial charge in [-0.2, -0.15) is 0 Å². The second kappa shape index (κ2) is 5.20. The molecule has 0 saturated carbocycles. The number of hydrogen-bond donors (Lipinski definition) is 1. The van der Waals surface area contributed by atoms with Crippen molar-refractivity contribution in [3.05, 3.63) is 39.7 Å². The van der Waals surface area contributed by atoms with Gasteiger partial charge in [-0.05, 0) is 12.6 Å². The van der Waals surface area contributed by atoms with Gasteiger partial charge in [-0.3, -0.25) is 15.0 Å². The Hall–Kier alpha value is -1.57. The van der Waals surface area contributed by atoms with Crippen molar-refractivity contribution >= 4 is 5.69 Å². The zero-order valence-corrected chi connectivity index (χ0v) is 10.5. The van der Waals surface area contributed by atoms with Crippen LogP contribution >= 0.6 is 0 Å². The fourth-order valence-electron chi connectivity index (χ4n) is 2.14. The molecule has 0 spiro atoms. The largest absolute Gasteiger partial charge is 0.361 e. The van der Waals surface area contributed by atoms with Gasteiger partial charge in [-0.25, -0.2) is 4.39 Å². The Balaban J connectivity index is 2.32. The zero-order valence-electron chi connectivity index (χ0n) is 10.5. The van der Waals surface area contributed by atoms with E-state index in [2.05, 4.69) is 0 Å². The summed E-state index contributed by atoms with van der Waals surface area (Å²) in [4.78, 5) is 11.8. The van der Waals surface area contributed by atoms with Gasteiger partial charge in [-0.1, -0.05) is 6.92 Å². The number of likely N-dealkylation sites (N-methyl/N-ethyl adjacent to an activating group) is 1. The van der Waals surface area contributed by atoms with E-state index in [1.54, 1.807) is 0 Å². The maximum Gasteiger partial charge on any atom is 0.272 e. The molecule has 0 bridgehead atoms. The molecular formula is C12H15FN2O4. The van der Waals surface area contributed by atoms with Crippen LogP contribution in [0.15, 0.2) is 18.2 Å². The van der Waals surface area contributed by atoms with Crippen LogP contribution in [0.1, 0.15) is 12.5 Å². The number of aliphatic hydroxyl groups is 1. The first kappa shape index (κ1) is 13.9. The Bertz CT molecular complexity index is 497. The highest BCUT2D eigenvalue weighted by Crippen LogP contribution is 2.30. The maximum absolute atomic E-state index is 13.9. The van der Waals surface area contributed by atoms with Crippen LogP contribution in [-0.2, 0) is 10.5 Å². The van der Waals surface area contributed by atoms with E-state index in [4.69, 9.17) is 4.74 Å². The number of morpholine rings is 1. The van der Waals surface area contributed by atoms with Crippen LogP contribution < -0.4 is 0 Å². The maximum atomic E-state index is 13.9. The number of nitro benzene ring substituents is 1. The van der Waals surface area contributed by atoms with E-state index in [-0.39, 0.29) is 24.4 Å². The summed E-state index contributed by atoms with van der Waals surface area (Å²) in [6.07, 6.45) is 0. The van der Waals surface area contributed by atoms with E-state index in [9.17, 15) is 19.6 Å². The minimum Gasteiger partial charge on any atom is -0.361 e. The molecule has 1 heterocycles. The van der Waals surface area contributed by atoms with E-state index in [0.29, 0.717) is 13.1 Å². The van der Waals surface area contributed by atoms with Crippen molar-refractivity contribution in [3.8, 4) is 0 Å². The highest BCUT2D eigenvalue weighted by Gasteiger charge is 2.38. The van der Waals surface area contributed by atoms with Gasteiger partial charge in [0.05, 0.1) is 24.1 Å². The average Bonchev–Trinajstić information content (AvgIpc) is 2.38. The van der Waals surface area contributed by atoms with Gasteiger partial charge in [0.1, 0.15) is 5.82 Å². The van der Waals surface area contributed by atoms with Crippen molar-refractivity contribution < 1.29 is 19.2 Å². The minimum absolute atomic E-state index is 0.0729. The molecule has 1 fully saturated rings. The summed E-state index contributed by atoms with van der Waals surface area (Å²) in [5.74, 6) is -2.59. The predicted octanol–water partition coefficient (Wildman–Crippen LogP) is 1.23. The summed E-state index contributed by atoms with van der Waals surface area (Å²) < 4.78 is 19.2. The van der Waals surface area contributed by atoms with Crippen molar-refractivity contribution in [1.82, 2.24) is 4.90 Å². The van der Waals surface area contributed by atoms with E-state index < -0.39 is 16.5 Å². The summed E-state index contributed by atoms with van der Waals surface area (Å²) in [5.41, 5.74) is -0.427. The fraction of sp³-hybridized carbons (Fsp3) is 0.500. The number of non-ortho nitro benzene ring substituents is 1. The monoisotopic (exact) mass is 270 g/mol. The van der Waals surface area contributed by atoms with Crippen LogP contribution in [-0.4, -0.2) is 41.2 Å². The molecule has 0 amide bonds. The number of ether oxygens (including phenoxy) is 1. The minimum atomic E-state index is -1.76. The van der Waals surface area contributed by atoms with Crippen molar-refractivity contribution in [3.63, 3.8) is 0 Å². The number of nitrogens with zero attached hydrogens (tertiary/aromatic N) is 2. The molecule has 104 valence electrons. The molecule has 1 aliphatic heterocycles. The van der Waals surface area contributed by atoms with Gasteiger partial charge in [0.2, 0.25) is 5.79 Å². The number of rotatable bonds is 3. The Kier molecular flexibility index (Phi) is 3.79. The van der Waals surface area contributed by atoms with E-state index in [1.807, 2.05) is 11.8 Å². The third-order valence-corrected chi connectivity index (χ3v) is 3.22.